The Hall–Kier alpha value is -1.42. The molecule has 0 radical (unpaired) electrons. The second kappa shape index (κ2) is 8.64. The molecule has 1 aromatic rings. The number of carbonyl (C=O) groups is 1. The Morgan fingerprint density at radius 2 is 1.89 bits per heavy atom. The van der Waals surface area contributed by atoms with Crippen LogP contribution in [0.2, 0.25) is 0 Å². The zero-order chi connectivity index (χ0) is 13.2. The molecule has 1 aliphatic carbocycles. The van der Waals surface area contributed by atoms with Gasteiger partial charge in [-0.25, -0.2) is 0 Å². The highest BCUT2D eigenvalue weighted by Gasteiger charge is 2.20. The Morgan fingerprint density at radius 3 is 2.44 bits per heavy atom. The van der Waals surface area contributed by atoms with E-state index in [1.165, 1.54) is 19.3 Å². The molecule has 18 heavy (non-hydrogen) atoms. The number of nitrogens with zero attached hydrogens (tertiary/aromatic N) is 1. The Kier molecular flexibility index (Phi) is 7.03. The summed E-state index contributed by atoms with van der Waals surface area (Å²) in [6.07, 6.45) is 9.11. The standard InChI is InChI=1S/C12H16N2O.C2H7N/c15-12(10-4-2-1-3-5-10)14-11-6-8-13-9-7-11;1-2-3/h6-10H,1-5H2,(H,13,14,15);2-3H2,1H3. The van der Waals surface area contributed by atoms with Gasteiger partial charge in [-0.1, -0.05) is 26.2 Å². The van der Waals surface area contributed by atoms with Gasteiger partial charge in [0.2, 0.25) is 5.91 Å². The SMILES string of the molecule is CCN.O=C(Nc1ccncc1)C1CCCCC1. The van der Waals surface area contributed by atoms with Crippen molar-refractivity contribution < 1.29 is 4.79 Å². The van der Waals surface area contributed by atoms with Gasteiger partial charge in [-0.05, 0) is 31.5 Å². The fourth-order valence-corrected chi connectivity index (χ4v) is 2.04. The molecule has 0 saturated heterocycles. The maximum Gasteiger partial charge on any atom is 0.227 e. The van der Waals surface area contributed by atoms with Gasteiger partial charge < -0.3 is 11.1 Å². The van der Waals surface area contributed by atoms with Gasteiger partial charge in [-0.2, -0.15) is 0 Å². The normalized spacial score (nSPS) is 15.4. The topological polar surface area (TPSA) is 68.0 Å². The molecule has 3 N–H and O–H groups in total. The first-order valence-electron chi connectivity index (χ1n) is 6.69. The van der Waals surface area contributed by atoms with Gasteiger partial charge in [0.15, 0.2) is 0 Å². The lowest BCUT2D eigenvalue weighted by atomic mass is 9.88. The molecule has 1 aliphatic rings. The second-order valence-electron chi connectivity index (χ2n) is 4.47. The van der Waals surface area contributed by atoms with Gasteiger partial charge in [-0.3, -0.25) is 9.78 Å². The number of nitrogens with one attached hydrogen (secondary N) is 1. The Bertz CT molecular complexity index is 334. The van der Waals surface area contributed by atoms with Gasteiger partial charge in [-0.15, -0.1) is 0 Å². The first-order chi connectivity index (χ1) is 8.77. The van der Waals surface area contributed by atoms with Crippen molar-refractivity contribution in [2.24, 2.45) is 11.7 Å². The highest BCUT2D eigenvalue weighted by molar-refractivity contribution is 5.92. The zero-order valence-corrected chi connectivity index (χ0v) is 11.1. The highest BCUT2D eigenvalue weighted by Crippen LogP contribution is 2.24. The third-order valence-corrected chi connectivity index (χ3v) is 2.92. The summed E-state index contributed by atoms with van der Waals surface area (Å²) < 4.78 is 0. The summed E-state index contributed by atoms with van der Waals surface area (Å²) in [6, 6.07) is 3.64. The van der Waals surface area contributed by atoms with Crippen LogP contribution in [0.4, 0.5) is 5.69 Å². The van der Waals surface area contributed by atoms with Crippen molar-refractivity contribution in [2.45, 2.75) is 39.0 Å². The predicted molar refractivity (Wildman–Crippen MR) is 74.2 cm³/mol. The molecule has 0 aromatic carbocycles. The van der Waals surface area contributed by atoms with E-state index in [1.54, 1.807) is 12.4 Å². The Labute approximate surface area is 109 Å². The summed E-state index contributed by atoms with van der Waals surface area (Å²) in [7, 11) is 0. The van der Waals surface area contributed by atoms with E-state index in [4.69, 9.17) is 5.73 Å². The number of pyridine rings is 1. The lowest BCUT2D eigenvalue weighted by Crippen LogP contribution is -2.24. The molecule has 1 heterocycles. The first-order valence-corrected chi connectivity index (χ1v) is 6.69. The smallest absolute Gasteiger partial charge is 0.227 e. The van der Waals surface area contributed by atoms with Crippen LogP contribution in [-0.2, 0) is 4.79 Å². The number of rotatable bonds is 2. The average molecular weight is 249 g/mol. The van der Waals surface area contributed by atoms with Crippen LogP contribution in [0.15, 0.2) is 24.5 Å². The van der Waals surface area contributed by atoms with Crippen LogP contribution in [0.25, 0.3) is 0 Å². The fraction of sp³-hybridized carbons (Fsp3) is 0.571. The lowest BCUT2D eigenvalue weighted by molar-refractivity contribution is -0.120. The fourth-order valence-electron chi connectivity index (χ4n) is 2.04. The molecule has 0 aliphatic heterocycles. The largest absolute Gasteiger partial charge is 0.331 e. The average Bonchev–Trinajstić information content (AvgIpc) is 2.42. The van der Waals surface area contributed by atoms with Crippen molar-refractivity contribution in [3.05, 3.63) is 24.5 Å². The van der Waals surface area contributed by atoms with Crippen LogP contribution in [-0.4, -0.2) is 17.4 Å². The van der Waals surface area contributed by atoms with Crippen LogP contribution >= 0.6 is 0 Å². The van der Waals surface area contributed by atoms with Gasteiger partial charge in [0, 0.05) is 24.0 Å². The van der Waals surface area contributed by atoms with Gasteiger partial charge >= 0.3 is 0 Å². The number of aromatic nitrogens is 1. The third-order valence-electron chi connectivity index (χ3n) is 2.92. The van der Waals surface area contributed by atoms with E-state index in [0.29, 0.717) is 0 Å². The molecule has 2 rings (SSSR count). The maximum atomic E-state index is 11.8. The maximum absolute atomic E-state index is 11.8. The quantitative estimate of drug-likeness (QED) is 0.846. The van der Waals surface area contributed by atoms with E-state index in [2.05, 4.69) is 10.3 Å². The second-order valence-corrected chi connectivity index (χ2v) is 4.47. The minimum atomic E-state index is 0.168. The molecule has 0 spiro atoms. The van der Waals surface area contributed by atoms with Crippen molar-refractivity contribution in [3.8, 4) is 0 Å². The van der Waals surface area contributed by atoms with E-state index < -0.39 is 0 Å². The van der Waals surface area contributed by atoms with E-state index >= 15 is 0 Å². The number of carbonyl (C=O) groups excluding carboxylic acids is 1. The number of anilines is 1. The zero-order valence-electron chi connectivity index (χ0n) is 11.1. The van der Waals surface area contributed by atoms with Crippen molar-refractivity contribution in [2.75, 3.05) is 11.9 Å². The predicted octanol–water partition coefficient (Wildman–Crippen LogP) is 2.57. The van der Waals surface area contributed by atoms with Crippen LogP contribution in [0.3, 0.4) is 0 Å². The minimum Gasteiger partial charge on any atom is -0.331 e. The summed E-state index contributed by atoms with van der Waals surface area (Å²) in [5.74, 6) is 0.382. The Balaban J connectivity index is 0.000000492. The van der Waals surface area contributed by atoms with Crippen molar-refractivity contribution in [1.29, 1.82) is 0 Å². The van der Waals surface area contributed by atoms with Crippen molar-refractivity contribution >= 4 is 11.6 Å². The molecule has 1 amide bonds. The van der Waals surface area contributed by atoms with E-state index in [0.717, 1.165) is 25.1 Å². The van der Waals surface area contributed by atoms with E-state index in [9.17, 15) is 4.79 Å². The third kappa shape index (κ3) is 5.27. The number of hydrogen-bond acceptors (Lipinski definition) is 3. The van der Waals surface area contributed by atoms with Crippen LogP contribution in [0.5, 0.6) is 0 Å². The van der Waals surface area contributed by atoms with Crippen LogP contribution < -0.4 is 11.1 Å². The van der Waals surface area contributed by atoms with Crippen molar-refractivity contribution in [3.63, 3.8) is 0 Å². The van der Waals surface area contributed by atoms with Gasteiger partial charge in [0.05, 0.1) is 0 Å². The molecular weight excluding hydrogens is 226 g/mol. The monoisotopic (exact) mass is 249 g/mol. The van der Waals surface area contributed by atoms with E-state index in [1.807, 2.05) is 19.1 Å². The molecule has 1 saturated carbocycles. The molecular formula is C14H23N3O. The Morgan fingerprint density at radius 1 is 1.33 bits per heavy atom. The number of hydrogen-bond donors (Lipinski definition) is 2. The summed E-state index contributed by atoms with van der Waals surface area (Å²) in [5.41, 5.74) is 5.69. The van der Waals surface area contributed by atoms with Gasteiger partial charge in [0.25, 0.3) is 0 Å². The number of nitrogens with two attached hydrogens (primary N) is 1. The van der Waals surface area contributed by atoms with E-state index in [-0.39, 0.29) is 11.8 Å². The molecule has 100 valence electrons. The molecule has 4 nitrogen and oxygen atoms in total. The molecule has 0 atom stereocenters. The summed E-state index contributed by atoms with van der Waals surface area (Å²) in [4.78, 5) is 15.7. The molecule has 0 unspecified atom stereocenters. The van der Waals surface area contributed by atoms with Crippen LogP contribution in [0, 0.1) is 5.92 Å². The minimum absolute atomic E-state index is 0.168. The first kappa shape index (κ1) is 14.6. The molecule has 4 heteroatoms. The summed E-state index contributed by atoms with van der Waals surface area (Å²) >= 11 is 0. The summed E-state index contributed by atoms with van der Waals surface area (Å²) in [6.45, 7) is 2.65. The highest BCUT2D eigenvalue weighted by atomic mass is 16.1. The number of amides is 1. The van der Waals surface area contributed by atoms with Crippen molar-refractivity contribution in [1.82, 2.24) is 4.98 Å². The van der Waals surface area contributed by atoms with Gasteiger partial charge in [0.1, 0.15) is 0 Å². The lowest BCUT2D eigenvalue weighted by Gasteiger charge is -2.20. The molecule has 1 aromatic heterocycles. The summed E-state index contributed by atoms with van der Waals surface area (Å²) in [5, 5.41) is 2.93. The van der Waals surface area contributed by atoms with Crippen LogP contribution in [0.1, 0.15) is 39.0 Å². The molecule has 1 fully saturated rings. The molecule has 0 bridgehead atoms.